The van der Waals surface area contributed by atoms with Crippen LogP contribution in [0.15, 0.2) is 54.7 Å². The van der Waals surface area contributed by atoms with Crippen molar-refractivity contribution in [2.24, 2.45) is 5.73 Å². The molecule has 0 aliphatic rings. The van der Waals surface area contributed by atoms with Gasteiger partial charge in [-0.3, -0.25) is 4.90 Å². The predicted octanol–water partition coefficient (Wildman–Crippen LogP) is 3.31. The highest BCUT2D eigenvalue weighted by atomic mass is 35.5. The molecule has 0 saturated carbocycles. The smallest absolute Gasteiger partial charge is 0.153 e. The number of nitrogens with zero attached hydrogens (tertiary/aromatic N) is 4. The topological polar surface area (TPSA) is 60.0 Å². The first kappa shape index (κ1) is 21.1. The maximum absolute atomic E-state index is 5.85. The fraction of sp³-hybridized carbons (Fsp3) is 0.333. The summed E-state index contributed by atoms with van der Waals surface area (Å²) < 4.78 is 1.93. The third-order valence-electron chi connectivity index (χ3n) is 4.69. The maximum atomic E-state index is 5.85. The van der Waals surface area contributed by atoms with E-state index < -0.39 is 0 Å². The van der Waals surface area contributed by atoms with Crippen LogP contribution in [0.2, 0.25) is 0 Å². The number of rotatable bonds is 8. The van der Waals surface area contributed by atoms with Crippen LogP contribution in [-0.4, -0.2) is 39.3 Å². The first-order valence-corrected chi connectivity index (χ1v) is 9.12. The van der Waals surface area contributed by atoms with E-state index in [1.807, 2.05) is 22.9 Å². The van der Waals surface area contributed by atoms with Crippen molar-refractivity contribution in [1.29, 1.82) is 0 Å². The molecule has 0 amide bonds. The zero-order chi connectivity index (χ0) is 18.4. The predicted molar refractivity (Wildman–Crippen MR) is 113 cm³/mol. The van der Waals surface area contributed by atoms with E-state index in [1.165, 1.54) is 11.1 Å². The van der Waals surface area contributed by atoms with Gasteiger partial charge < -0.3 is 5.73 Å². The van der Waals surface area contributed by atoms with Crippen LogP contribution in [0.5, 0.6) is 0 Å². The Balaban J connectivity index is 0.00000261. The summed E-state index contributed by atoms with van der Waals surface area (Å²) in [6.07, 6.45) is 2.82. The molecule has 2 N–H and O–H groups in total. The molecule has 2 heterocycles. The molecule has 6 heteroatoms. The summed E-state index contributed by atoms with van der Waals surface area (Å²) in [6, 6.07) is 16.5. The van der Waals surface area contributed by atoms with Gasteiger partial charge in [-0.2, -0.15) is 5.10 Å². The van der Waals surface area contributed by atoms with Crippen LogP contribution in [0.1, 0.15) is 22.5 Å². The summed E-state index contributed by atoms with van der Waals surface area (Å²) >= 11 is 0. The van der Waals surface area contributed by atoms with Crippen molar-refractivity contribution in [2.45, 2.75) is 26.8 Å². The van der Waals surface area contributed by atoms with E-state index in [-0.39, 0.29) is 12.4 Å². The number of nitrogens with two attached hydrogens (primary N) is 1. The molecule has 0 fully saturated rings. The van der Waals surface area contributed by atoms with Gasteiger partial charge in [-0.15, -0.1) is 12.4 Å². The zero-order valence-electron chi connectivity index (χ0n) is 16.0. The maximum Gasteiger partial charge on any atom is 0.153 e. The van der Waals surface area contributed by atoms with E-state index in [2.05, 4.69) is 54.1 Å². The minimum atomic E-state index is 0. The number of aryl methyl sites for hydroxylation is 1. The van der Waals surface area contributed by atoms with Crippen LogP contribution in [0.3, 0.4) is 0 Å². The standard InChI is InChI=1S/C21H27N5.ClH/c1-17-20(18(2)26(24-17)21-10-6-7-13-23-21)16-25(15-12-22)14-11-19-8-4-3-5-9-19;/h3-10,13H,11-12,14-16,22H2,1-2H3;1H. The van der Waals surface area contributed by atoms with Crippen molar-refractivity contribution < 1.29 is 0 Å². The van der Waals surface area contributed by atoms with E-state index in [9.17, 15) is 0 Å². The molecule has 0 bridgehead atoms. The minimum absolute atomic E-state index is 0. The molecule has 1 aromatic carbocycles. The van der Waals surface area contributed by atoms with E-state index in [0.29, 0.717) is 6.54 Å². The Morgan fingerprint density at radius 2 is 1.74 bits per heavy atom. The fourth-order valence-electron chi connectivity index (χ4n) is 3.21. The highest BCUT2D eigenvalue weighted by molar-refractivity contribution is 5.85. The molecule has 0 spiro atoms. The molecule has 3 rings (SSSR count). The second-order valence-electron chi connectivity index (χ2n) is 6.55. The zero-order valence-corrected chi connectivity index (χ0v) is 16.8. The Kier molecular flexibility index (Phi) is 7.98. The summed E-state index contributed by atoms with van der Waals surface area (Å²) in [7, 11) is 0. The molecule has 0 unspecified atom stereocenters. The fourth-order valence-corrected chi connectivity index (χ4v) is 3.21. The Morgan fingerprint density at radius 3 is 2.41 bits per heavy atom. The lowest BCUT2D eigenvalue weighted by Crippen LogP contribution is -2.31. The Morgan fingerprint density at radius 1 is 1.00 bits per heavy atom. The molecule has 0 aliphatic carbocycles. The van der Waals surface area contributed by atoms with E-state index in [4.69, 9.17) is 10.8 Å². The van der Waals surface area contributed by atoms with Gasteiger partial charge in [0.05, 0.1) is 5.69 Å². The largest absolute Gasteiger partial charge is 0.329 e. The van der Waals surface area contributed by atoms with Crippen LogP contribution in [-0.2, 0) is 13.0 Å². The summed E-state index contributed by atoms with van der Waals surface area (Å²) in [5.41, 5.74) is 10.7. The van der Waals surface area contributed by atoms with Gasteiger partial charge in [0, 0.05) is 43.6 Å². The summed E-state index contributed by atoms with van der Waals surface area (Å²) in [5.74, 6) is 0.856. The molecule has 5 nitrogen and oxygen atoms in total. The number of pyridine rings is 1. The van der Waals surface area contributed by atoms with Crippen LogP contribution >= 0.6 is 12.4 Å². The number of benzene rings is 1. The van der Waals surface area contributed by atoms with Gasteiger partial charge in [-0.1, -0.05) is 36.4 Å². The second kappa shape index (κ2) is 10.2. The highest BCUT2D eigenvalue weighted by Gasteiger charge is 2.16. The quantitative estimate of drug-likeness (QED) is 0.646. The number of aromatic nitrogens is 3. The van der Waals surface area contributed by atoms with Gasteiger partial charge in [0.1, 0.15) is 0 Å². The lowest BCUT2D eigenvalue weighted by molar-refractivity contribution is 0.275. The van der Waals surface area contributed by atoms with E-state index >= 15 is 0 Å². The first-order chi connectivity index (χ1) is 12.7. The van der Waals surface area contributed by atoms with Crippen LogP contribution < -0.4 is 5.73 Å². The van der Waals surface area contributed by atoms with Gasteiger partial charge >= 0.3 is 0 Å². The highest BCUT2D eigenvalue weighted by Crippen LogP contribution is 2.18. The van der Waals surface area contributed by atoms with Gasteiger partial charge in [0.2, 0.25) is 0 Å². The number of halogens is 1. The normalized spacial score (nSPS) is 10.8. The van der Waals surface area contributed by atoms with E-state index in [0.717, 1.165) is 43.3 Å². The summed E-state index contributed by atoms with van der Waals surface area (Å²) in [6.45, 7) is 7.55. The average Bonchev–Trinajstić information content (AvgIpc) is 2.96. The molecule has 0 saturated heterocycles. The van der Waals surface area contributed by atoms with Gasteiger partial charge in [0.15, 0.2) is 5.82 Å². The van der Waals surface area contributed by atoms with Crippen molar-refractivity contribution in [3.63, 3.8) is 0 Å². The second-order valence-corrected chi connectivity index (χ2v) is 6.55. The molecule has 0 radical (unpaired) electrons. The van der Waals surface area contributed by atoms with Crippen LogP contribution in [0.25, 0.3) is 5.82 Å². The van der Waals surface area contributed by atoms with E-state index in [1.54, 1.807) is 6.20 Å². The van der Waals surface area contributed by atoms with Crippen molar-refractivity contribution in [3.8, 4) is 5.82 Å². The molecule has 0 atom stereocenters. The summed E-state index contributed by atoms with van der Waals surface area (Å²) in [4.78, 5) is 6.83. The van der Waals surface area contributed by atoms with Crippen LogP contribution in [0.4, 0.5) is 0 Å². The lowest BCUT2D eigenvalue weighted by Gasteiger charge is -2.22. The van der Waals surface area contributed by atoms with Gasteiger partial charge in [-0.25, -0.2) is 9.67 Å². The minimum Gasteiger partial charge on any atom is -0.329 e. The van der Waals surface area contributed by atoms with Crippen molar-refractivity contribution >= 4 is 12.4 Å². The van der Waals surface area contributed by atoms with Crippen molar-refractivity contribution in [2.75, 3.05) is 19.6 Å². The van der Waals surface area contributed by atoms with Crippen molar-refractivity contribution in [3.05, 3.63) is 77.2 Å². The van der Waals surface area contributed by atoms with Crippen LogP contribution in [0, 0.1) is 13.8 Å². The molecule has 3 aromatic rings. The van der Waals surface area contributed by atoms with Gasteiger partial charge in [0.25, 0.3) is 0 Å². The molecular weight excluding hydrogens is 358 g/mol. The molecular formula is C21H28ClN5. The Bertz CT molecular complexity index is 817. The molecule has 0 aliphatic heterocycles. The first-order valence-electron chi connectivity index (χ1n) is 9.12. The SMILES string of the molecule is Cc1nn(-c2ccccn2)c(C)c1CN(CCN)CCc1ccccc1.Cl. The molecule has 27 heavy (non-hydrogen) atoms. The Labute approximate surface area is 167 Å². The number of hydrogen-bond acceptors (Lipinski definition) is 4. The molecule has 2 aromatic heterocycles. The third-order valence-corrected chi connectivity index (χ3v) is 4.69. The Hall–Kier alpha value is -2.21. The van der Waals surface area contributed by atoms with Crippen molar-refractivity contribution in [1.82, 2.24) is 19.7 Å². The third kappa shape index (κ3) is 5.39. The summed E-state index contributed by atoms with van der Waals surface area (Å²) in [5, 5.41) is 4.71. The number of hydrogen-bond donors (Lipinski definition) is 1. The lowest BCUT2D eigenvalue weighted by atomic mass is 10.1. The van der Waals surface area contributed by atoms with Gasteiger partial charge in [-0.05, 0) is 38.0 Å². The molecule has 144 valence electrons. The average molecular weight is 386 g/mol. The monoisotopic (exact) mass is 385 g/mol.